The van der Waals surface area contributed by atoms with Gasteiger partial charge < -0.3 is 10.6 Å². The molecule has 1 heterocycles. The molecule has 0 saturated heterocycles. The standard InChI is InChI=1S/C11H14N2S/c12-11(14)8-13-7-3-5-9-4-1-2-6-10(9)13/h1-2,4,6H,3,5,7-8H2,(H2,12,14). The molecular weight excluding hydrogens is 192 g/mol. The second kappa shape index (κ2) is 3.96. The average Bonchev–Trinajstić information content (AvgIpc) is 2.18. The summed E-state index contributed by atoms with van der Waals surface area (Å²) in [6.45, 7) is 1.76. The van der Waals surface area contributed by atoms with Crippen LogP contribution in [0.2, 0.25) is 0 Å². The fourth-order valence-electron chi connectivity index (χ4n) is 1.96. The third-order valence-electron chi connectivity index (χ3n) is 2.55. The predicted molar refractivity (Wildman–Crippen MR) is 63.8 cm³/mol. The van der Waals surface area contributed by atoms with Crippen LogP contribution in [0.1, 0.15) is 12.0 Å². The number of hydrogen-bond donors (Lipinski definition) is 1. The van der Waals surface area contributed by atoms with Crippen molar-refractivity contribution in [3.05, 3.63) is 29.8 Å². The molecule has 2 nitrogen and oxygen atoms in total. The van der Waals surface area contributed by atoms with E-state index in [1.54, 1.807) is 0 Å². The molecular formula is C11H14N2S. The average molecular weight is 206 g/mol. The van der Waals surface area contributed by atoms with Crippen LogP contribution in [0.3, 0.4) is 0 Å². The Morgan fingerprint density at radius 2 is 2.21 bits per heavy atom. The molecule has 1 aromatic carbocycles. The second-order valence-electron chi connectivity index (χ2n) is 3.62. The largest absolute Gasteiger partial charge is 0.392 e. The summed E-state index contributed by atoms with van der Waals surface area (Å²) in [5.41, 5.74) is 8.28. The monoisotopic (exact) mass is 206 g/mol. The molecule has 0 unspecified atom stereocenters. The van der Waals surface area contributed by atoms with E-state index in [2.05, 4.69) is 29.2 Å². The van der Waals surface area contributed by atoms with Crippen LogP contribution in [-0.4, -0.2) is 18.1 Å². The Bertz CT molecular complexity index is 349. The van der Waals surface area contributed by atoms with Gasteiger partial charge in [0.05, 0.1) is 11.5 Å². The van der Waals surface area contributed by atoms with Crippen LogP contribution >= 0.6 is 12.2 Å². The zero-order chi connectivity index (χ0) is 9.97. The minimum atomic E-state index is 0.571. The van der Waals surface area contributed by atoms with E-state index in [9.17, 15) is 0 Å². The van der Waals surface area contributed by atoms with E-state index in [4.69, 9.17) is 18.0 Å². The maximum absolute atomic E-state index is 5.57. The van der Waals surface area contributed by atoms with Crippen LogP contribution in [0.15, 0.2) is 24.3 Å². The van der Waals surface area contributed by atoms with Crippen LogP contribution in [0.4, 0.5) is 5.69 Å². The highest BCUT2D eigenvalue weighted by Gasteiger charge is 2.15. The number of nitrogens with two attached hydrogens (primary N) is 1. The van der Waals surface area contributed by atoms with E-state index in [0.717, 1.165) is 6.54 Å². The molecule has 0 amide bonds. The third kappa shape index (κ3) is 1.87. The Kier molecular flexibility index (Phi) is 2.68. The molecule has 2 rings (SSSR count). The Morgan fingerprint density at radius 1 is 1.43 bits per heavy atom. The highest BCUT2D eigenvalue weighted by molar-refractivity contribution is 7.80. The maximum Gasteiger partial charge on any atom is 0.0923 e. The van der Waals surface area contributed by atoms with Crippen LogP contribution in [0, 0.1) is 0 Å². The molecule has 14 heavy (non-hydrogen) atoms. The number of nitrogens with zero attached hydrogens (tertiary/aromatic N) is 1. The first-order valence-electron chi connectivity index (χ1n) is 4.88. The molecule has 0 radical (unpaired) electrons. The fourth-order valence-corrected chi connectivity index (χ4v) is 2.12. The van der Waals surface area contributed by atoms with E-state index >= 15 is 0 Å². The van der Waals surface area contributed by atoms with E-state index in [1.807, 2.05) is 0 Å². The summed E-state index contributed by atoms with van der Waals surface area (Å²) in [7, 11) is 0. The number of benzene rings is 1. The summed E-state index contributed by atoms with van der Waals surface area (Å²) in [4.78, 5) is 2.84. The molecule has 0 spiro atoms. The summed E-state index contributed by atoms with van der Waals surface area (Å²) in [5.74, 6) is 0. The van der Waals surface area contributed by atoms with Gasteiger partial charge >= 0.3 is 0 Å². The summed E-state index contributed by atoms with van der Waals surface area (Å²) >= 11 is 4.94. The van der Waals surface area contributed by atoms with Crippen molar-refractivity contribution in [2.45, 2.75) is 12.8 Å². The minimum absolute atomic E-state index is 0.571. The highest BCUT2D eigenvalue weighted by atomic mass is 32.1. The topological polar surface area (TPSA) is 29.3 Å². The third-order valence-corrected chi connectivity index (χ3v) is 2.68. The molecule has 0 fully saturated rings. The van der Waals surface area contributed by atoms with Crippen molar-refractivity contribution in [1.82, 2.24) is 0 Å². The first kappa shape index (κ1) is 9.46. The normalized spacial score (nSPS) is 15.0. The first-order chi connectivity index (χ1) is 6.77. The lowest BCUT2D eigenvalue weighted by atomic mass is 10.0. The number of anilines is 1. The summed E-state index contributed by atoms with van der Waals surface area (Å²) in [6, 6.07) is 8.48. The molecule has 0 bridgehead atoms. The quantitative estimate of drug-likeness (QED) is 0.747. The smallest absolute Gasteiger partial charge is 0.0923 e. The van der Waals surface area contributed by atoms with Crippen molar-refractivity contribution in [1.29, 1.82) is 0 Å². The van der Waals surface area contributed by atoms with Crippen molar-refractivity contribution in [3.8, 4) is 0 Å². The lowest BCUT2D eigenvalue weighted by Crippen LogP contribution is -2.36. The number of fused-ring (bicyclic) bond motifs is 1. The van der Waals surface area contributed by atoms with Gasteiger partial charge in [-0.3, -0.25) is 0 Å². The van der Waals surface area contributed by atoms with Gasteiger partial charge in [-0.05, 0) is 24.5 Å². The Balaban J connectivity index is 2.26. The zero-order valence-electron chi connectivity index (χ0n) is 8.07. The van der Waals surface area contributed by atoms with Gasteiger partial charge in [-0.15, -0.1) is 0 Å². The molecule has 0 saturated carbocycles. The SMILES string of the molecule is NC(=S)CN1CCCc2ccccc21. The van der Waals surface area contributed by atoms with E-state index in [-0.39, 0.29) is 0 Å². The maximum atomic E-state index is 5.57. The van der Waals surface area contributed by atoms with E-state index in [0.29, 0.717) is 11.5 Å². The number of rotatable bonds is 2. The van der Waals surface area contributed by atoms with Crippen molar-refractivity contribution < 1.29 is 0 Å². The first-order valence-corrected chi connectivity index (χ1v) is 5.29. The number of aryl methyl sites for hydroxylation is 1. The van der Waals surface area contributed by atoms with Crippen LogP contribution < -0.4 is 10.6 Å². The van der Waals surface area contributed by atoms with Crippen molar-refractivity contribution >= 4 is 22.9 Å². The Morgan fingerprint density at radius 3 is 3.00 bits per heavy atom. The molecule has 0 aliphatic carbocycles. The molecule has 1 aliphatic rings. The van der Waals surface area contributed by atoms with Gasteiger partial charge in [0.15, 0.2) is 0 Å². The number of hydrogen-bond acceptors (Lipinski definition) is 2. The van der Waals surface area contributed by atoms with Gasteiger partial charge in [0.2, 0.25) is 0 Å². The zero-order valence-corrected chi connectivity index (χ0v) is 8.89. The van der Waals surface area contributed by atoms with Crippen molar-refractivity contribution in [2.75, 3.05) is 18.0 Å². The molecule has 0 atom stereocenters. The Labute approximate surface area is 89.7 Å². The molecule has 74 valence electrons. The highest BCUT2D eigenvalue weighted by Crippen LogP contribution is 2.25. The van der Waals surface area contributed by atoms with Crippen LogP contribution in [0.25, 0.3) is 0 Å². The minimum Gasteiger partial charge on any atom is -0.392 e. The summed E-state index contributed by atoms with van der Waals surface area (Å²) < 4.78 is 0. The summed E-state index contributed by atoms with van der Waals surface area (Å²) in [5, 5.41) is 0. The van der Waals surface area contributed by atoms with Gasteiger partial charge in [-0.2, -0.15) is 0 Å². The van der Waals surface area contributed by atoms with Crippen LogP contribution in [-0.2, 0) is 6.42 Å². The predicted octanol–water partition coefficient (Wildman–Crippen LogP) is 1.73. The van der Waals surface area contributed by atoms with Gasteiger partial charge in [0.1, 0.15) is 0 Å². The van der Waals surface area contributed by atoms with Gasteiger partial charge in [-0.25, -0.2) is 0 Å². The van der Waals surface area contributed by atoms with E-state index < -0.39 is 0 Å². The van der Waals surface area contributed by atoms with Gasteiger partial charge in [0, 0.05) is 12.2 Å². The van der Waals surface area contributed by atoms with E-state index in [1.165, 1.54) is 24.1 Å². The lowest BCUT2D eigenvalue weighted by molar-refractivity contribution is 0.729. The molecule has 1 aliphatic heterocycles. The molecule has 3 heteroatoms. The lowest BCUT2D eigenvalue weighted by Gasteiger charge is -2.30. The number of para-hydroxylation sites is 1. The molecule has 1 aromatic rings. The van der Waals surface area contributed by atoms with Crippen molar-refractivity contribution in [2.24, 2.45) is 5.73 Å². The van der Waals surface area contributed by atoms with Gasteiger partial charge in [-0.1, -0.05) is 30.4 Å². The van der Waals surface area contributed by atoms with Crippen LogP contribution in [0.5, 0.6) is 0 Å². The van der Waals surface area contributed by atoms with Crippen molar-refractivity contribution in [3.63, 3.8) is 0 Å². The van der Waals surface area contributed by atoms with Gasteiger partial charge in [0.25, 0.3) is 0 Å². The number of thiocarbonyl (C=S) groups is 1. The Hall–Kier alpha value is -1.09. The summed E-state index contributed by atoms with van der Waals surface area (Å²) in [6.07, 6.45) is 2.36. The molecule has 0 aromatic heterocycles. The fraction of sp³-hybridized carbons (Fsp3) is 0.364. The molecule has 2 N–H and O–H groups in total. The second-order valence-corrected chi connectivity index (χ2v) is 4.14.